The van der Waals surface area contributed by atoms with Gasteiger partial charge < -0.3 is 9.84 Å². The second-order valence-electron chi connectivity index (χ2n) is 6.53. The molecule has 1 unspecified atom stereocenters. The van der Waals surface area contributed by atoms with Gasteiger partial charge >= 0.3 is 0 Å². The van der Waals surface area contributed by atoms with Crippen LogP contribution in [-0.4, -0.2) is 32.5 Å². The number of rotatable bonds is 5. The summed E-state index contributed by atoms with van der Waals surface area (Å²) in [5.41, 5.74) is 1.35. The molecule has 2 heterocycles. The average molecular weight is 318 g/mol. The van der Waals surface area contributed by atoms with Crippen molar-refractivity contribution in [3.63, 3.8) is 0 Å². The van der Waals surface area contributed by atoms with Gasteiger partial charge in [0.15, 0.2) is 0 Å². The number of aliphatic hydroxyl groups is 1. The van der Waals surface area contributed by atoms with Crippen molar-refractivity contribution >= 4 is 23.5 Å². The smallest absolute Gasteiger partial charge is 0.138 e. The van der Waals surface area contributed by atoms with Gasteiger partial charge in [-0.2, -0.15) is 12.6 Å². The Bertz CT molecular complexity index is 665. The molecule has 0 radical (unpaired) electrons. The number of hydrogen-bond acceptors (Lipinski definition) is 5. The first-order chi connectivity index (χ1) is 10.4. The van der Waals surface area contributed by atoms with Crippen molar-refractivity contribution in [2.75, 3.05) is 6.61 Å². The van der Waals surface area contributed by atoms with Crippen LogP contribution in [0.5, 0.6) is 5.75 Å². The Morgan fingerprint density at radius 2 is 2.23 bits per heavy atom. The van der Waals surface area contributed by atoms with Crippen LogP contribution >= 0.6 is 12.6 Å². The molecule has 2 aromatic heterocycles. The van der Waals surface area contributed by atoms with Gasteiger partial charge in [0.25, 0.3) is 0 Å². The van der Waals surface area contributed by atoms with E-state index < -0.39 is 5.60 Å². The number of pyridine rings is 2. The van der Waals surface area contributed by atoms with Crippen LogP contribution in [0.4, 0.5) is 0 Å². The third-order valence-corrected chi connectivity index (χ3v) is 4.42. The van der Waals surface area contributed by atoms with E-state index in [1.165, 1.54) is 0 Å². The molecular formula is C17H22N2O2S. The Morgan fingerprint density at radius 3 is 2.91 bits per heavy atom. The highest BCUT2D eigenvalue weighted by Crippen LogP contribution is 2.45. The van der Waals surface area contributed by atoms with Crippen LogP contribution in [0.3, 0.4) is 0 Å². The van der Waals surface area contributed by atoms with Gasteiger partial charge in [-0.25, -0.2) is 0 Å². The highest BCUT2D eigenvalue weighted by atomic mass is 32.1. The largest absolute Gasteiger partial charge is 0.492 e. The molecule has 1 N–H and O–H groups in total. The zero-order valence-corrected chi connectivity index (χ0v) is 13.9. The highest BCUT2D eigenvalue weighted by Gasteiger charge is 2.40. The number of ether oxygens (including phenoxy) is 1. The first kappa shape index (κ1) is 15.6. The molecule has 5 heteroatoms. The minimum atomic E-state index is -0.554. The second kappa shape index (κ2) is 6.05. The Balaban J connectivity index is 1.79. The predicted molar refractivity (Wildman–Crippen MR) is 90.7 cm³/mol. The molecule has 1 aliphatic rings. The van der Waals surface area contributed by atoms with E-state index in [4.69, 9.17) is 4.74 Å². The Kier molecular flexibility index (Phi) is 4.28. The molecule has 1 aliphatic carbocycles. The van der Waals surface area contributed by atoms with Crippen LogP contribution in [0.1, 0.15) is 44.7 Å². The molecule has 0 saturated heterocycles. The summed E-state index contributed by atoms with van der Waals surface area (Å²) in [7, 11) is 0. The fraction of sp³-hybridized carbons (Fsp3) is 0.529. The lowest BCUT2D eigenvalue weighted by molar-refractivity contribution is -0.0319. The van der Waals surface area contributed by atoms with Gasteiger partial charge in [-0.1, -0.05) is 6.92 Å². The van der Waals surface area contributed by atoms with E-state index in [0.717, 1.165) is 41.6 Å². The molecular weight excluding hydrogens is 296 g/mol. The highest BCUT2D eigenvalue weighted by molar-refractivity contribution is 7.80. The van der Waals surface area contributed by atoms with Gasteiger partial charge in [0.2, 0.25) is 0 Å². The van der Waals surface area contributed by atoms with E-state index in [0.29, 0.717) is 17.8 Å². The minimum Gasteiger partial charge on any atom is -0.492 e. The van der Waals surface area contributed by atoms with Crippen molar-refractivity contribution in [3.05, 3.63) is 30.2 Å². The standard InChI is InChI=1S/C17H22N2O2S/c1-11(22)4-6-21-14-7-12-3-5-18-16(15(12)19-10-14)13-8-17(2,20)9-13/h3,5,7,10-11,13,20,22H,4,6,8-9H2,1-2H3/t11?,13-,17+. The number of fused-ring (bicyclic) bond motifs is 1. The van der Waals surface area contributed by atoms with Crippen molar-refractivity contribution in [2.24, 2.45) is 0 Å². The van der Waals surface area contributed by atoms with Gasteiger partial charge in [-0.15, -0.1) is 0 Å². The molecule has 0 amide bonds. The summed E-state index contributed by atoms with van der Waals surface area (Å²) in [5.74, 6) is 1.07. The lowest BCUT2D eigenvalue weighted by atomic mass is 9.70. The molecule has 0 spiro atoms. The maximum Gasteiger partial charge on any atom is 0.138 e. The number of nitrogens with zero attached hydrogens (tertiary/aromatic N) is 2. The number of thiol groups is 1. The van der Waals surface area contributed by atoms with Gasteiger partial charge in [-0.05, 0) is 38.3 Å². The van der Waals surface area contributed by atoms with Crippen LogP contribution in [-0.2, 0) is 0 Å². The van der Waals surface area contributed by atoms with E-state index in [2.05, 4.69) is 29.5 Å². The average Bonchev–Trinajstić information content (AvgIpc) is 2.43. The summed E-state index contributed by atoms with van der Waals surface area (Å²) >= 11 is 4.35. The summed E-state index contributed by atoms with van der Waals surface area (Å²) in [6.45, 7) is 4.56. The molecule has 0 aliphatic heterocycles. The lowest BCUT2D eigenvalue weighted by Gasteiger charge is -2.40. The Morgan fingerprint density at radius 1 is 1.45 bits per heavy atom. The molecule has 0 aromatic carbocycles. The summed E-state index contributed by atoms with van der Waals surface area (Å²) < 4.78 is 5.73. The van der Waals surface area contributed by atoms with Gasteiger partial charge in [-0.3, -0.25) is 9.97 Å². The zero-order chi connectivity index (χ0) is 15.7. The summed E-state index contributed by atoms with van der Waals surface area (Å²) in [6.07, 6.45) is 5.97. The molecule has 118 valence electrons. The van der Waals surface area contributed by atoms with Crippen molar-refractivity contribution in [1.82, 2.24) is 9.97 Å². The Hall–Kier alpha value is -1.33. The van der Waals surface area contributed by atoms with Gasteiger partial charge in [0, 0.05) is 22.8 Å². The maximum atomic E-state index is 9.93. The molecule has 4 nitrogen and oxygen atoms in total. The van der Waals surface area contributed by atoms with Crippen molar-refractivity contribution in [3.8, 4) is 5.75 Å². The third kappa shape index (κ3) is 3.36. The summed E-state index contributed by atoms with van der Waals surface area (Å²) in [5, 5.41) is 11.3. The van der Waals surface area contributed by atoms with Crippen molar-refractivity contribution < 1.29 is 9.84 Å². The maximum absolute atomic E-state index is 9.93. The van der Waals surface area contributed by atoms with E-state index in [1.807, 2.05) is 25.3 Å². The fourth-order valence-corrected chi connectivity index (χ4v) is 3.09. The number of aromatic nitrogens is 2. The summed E-state index contributed by atoms with van der Waals surface area (Å²) in [6, 6.07) is 3.96. The van der Waals surface area contributed by atoms with E-state index >= 15 is 0 Å². The Labute approximate surface area is 136 Å². The number of hydrogen-bond donors (Lipinski definition) is 2. The fourth-order valence-electron chi connectivity index (χ4n) is 2.98. The van der Waals surface area contributed by atoms with E-state index in [9.17, 15) is 5.11 Å². The van der Waals surface area contributed by atoms with Gasteiger partial charge in [0.1, 0.15) is 5.75 Å². The van der Waals surface area contributed by atoms with Crippen molar-refractivity contribution in [1.29, 1.82) is 0 Å². The van der Waals surface area contributed by atoms with Crippen LogP contribution in [0.15, 0.2) is 24.5 Å². The molecule has 3 rings (SSSR count). The third-order valence-electron chi connectivity index (χ3n) is 4.17. The lowest BCUT2D eigenvalue weighted by Crippen LogP contribution is -2.39. The van der Waals surface area contributed by atoms with Gasteiger partial charge in [0.05, 0.1) is 29.6 Å². The topological polar surface area (TPSA) is 55.2 Å². The van der Waals surface area contributed by atoms with E-state index in [1.54, 1.807) is 6.20 Å². The van der Waals surface area contributed by atoms with Crippen LogP contribution < -0.4 is 4.74 Å². The monoisotopic (exact) mass is 318 g/mol. The molecule has 1 fully saturated rings. The zero-order valence-electron chi connectivity index (χ0n) is 13.0. The quantitative estimate of drug-likeness (QED) is 0.830. The molecule has 0 bridgehead atoms. The second-order valence-corrected chi connectivity index (χ2v) is 7.41. The normalized spacial score (nSPS) is 25.7. The first-order valence-corrected chi connectivity index (χ1v) is 8.24. The van der Waals surface area contributed by atoms with Crippen LogP contribution in [0.2, 0.25) is 0 Å². The molecule has 22 heavy (non-hydrogen) atoms. The van der Waals surface area contributed by atoms with Crippen LogP contribution in [0.25, 0.3) is 10.9 Å². The predicted octanol–water partition coefficient (Wildman–Crippen LogP) is 3.35. The minimum absolute atomic E-state index is 0.294. The molecule has 1 atom stereocenters. The van der Waals surface area contributed by atoms with E-state index in [-0.39, 0.29) is 0 Å². The SMILES string of the molecule is CC(S)CCOc1cnc2c(ccnc2[C@H]2C[C@@](C)(O)C2)c1. The molecule has 1 saturated carbocycles. The first-order valence-electron chi connectivity index (χ1n) is 7.72. The summed E-state index contributed by atoms with van der Waals surface area (Å²) in [4.78, 5) is 9.03. The van der Waals surface area contributed by atoms with Crippen LogP contribution in [0, 0.1) is 0 Å². The molecule has 2 aromatic rings. The van der Waals surface area contributed by atoms with Crippen molar-refractivity contribution in [2.45, 2.75) is 49.9 Å².